The zero-order valence-electron chi connectivity index (χ0n) is 14.2. The number of nitrogens with two attached hydrogens (primary N) is 1. The number of β-amino-alcohol motifs (C(OH)–C–C–N with tert-alkyl or cyclic N) is 1. The first-order valence-electron chi connectivity index (χ1n) is 8.97. The van der Waals surface area contributed by atoms with Crippen LogP contribution in [0.2, 0.25) is 0 Å². The molecule has 3 nitrogen and oxygen atoms in total. The van der Waals surface area contributed by atoms with E-state index in [4.69, 9.17) is 5.73 Å². The number of hydrogen-bond donors (Lipinski definition) is 2. The summed E-state index contributed by atoms with van der Waals surface area (Å²) in [6.45, 7) is 2.75. The largest absolute Gasteiger partial charge is 0.390 e. The first kappa shape index (κ1) is 17.2. The maximum Gasteiger partial charge on any atom is 0.0820 e. The van der Waals surface area contributed by atoms with E-state index in [1.54, 1.807) is 0 Å². The third kappa shape index (κ3) is 4.67. The lowest BCUT2D eigenvalue weighted by atomic mass is 9.89. The Labute approximate surface area is 145 Å². The second-order valence-corrected chi connectivity index (χ2v) is 6.91. The van der Waals surface area contributed by atoms with Gasteiger partial charge in [0.2, 0.25) is 0 Å². The number of aliphatic hydroxyl groups excluding tert-OH is 1. The van der Waals surface area contributed by atoms with E-state index >= 15 is 0 Å². The zero-order chi connectivity index (χ0) is 16.8. The standard InChI is InChI=1S/C21H28N2O/c22-20(15-17-7-3-1-4-8-17)21(24)16-23-13-11-19(12-14-23)18-9-5-2-6-10-18/h1-10,19-21,24H,11-16,22H2/t20-,21+/m1/s1. The van der Waals surface area contributed by atoms with Gasteiger partial charge in [0.25, 0.3) is 0 Å². The van der Waals surface area contributed by atoms with Crippen molar-refractivity contribution < 1.29 is 5.11 Å². The number of rotatable bonds is 6. The molecule has 1 saturated heterocycles. The monoisotopic (exact) mass is 324 g/mol. The number of nitrogens with zero attached hydrogens (tertiary/aromatic N) is 1. The molecule has 1 fully saturated rings. The second-order valence-electron chi connectivity index (χ2n) is 6.91. The molecule has 0 radical (unpaired) electrons. The molecule has 1 heterocycles. The molecule has 3 N–H and O–H groups in total. The fourth-order valence-electron chi connectivity index (χ4n) is 3.60. The van der Waals surface area contributed by atoms with Crippen LogP contribution in [0.15, 0.2) is 60.7 Å². The summed E-state index contributed by atoms with van der Waals surface area (Å²) in [5, 5.41) is 10.4. The Balaban J connectivity index is 1.45. The smallest absolute Gasteiger partial charge is 0.0820 e. The molecule has 1 aliphatic rings. The van der Waals surface area contributed by atoms with Gasteiger partial charge in [-0.25, -0.2) is 0 Å². The zero-order valence-corrected chi connectivity index (χ0v) is 14.2. The van der Waals surface area contributed by atoms with Crippen molar-refractivity contribution in [1.29, 1.82) is 0 Å². The minimum Gasteiger partial charge on any atom is -0.390 e. The molecular formula is C21H28N2O. The van der Waals surface area contributed by atoms with Crippen LogP contribution >= 0.6 is 0 Å². The van der Waals surface area contributed by atoms with Gasteiger partial charge in [-0.2, -0.15) is 0 Å². The van der Waals surface area contributed by atoms with Gasteiger partial charge in [0.05, 0.1) is 6.10 Å². The molecule has 0 unspecified atom stereocenters. The highest BCUT2D eigenvalue weighted by Gasteiger charge is 2.24. The SMILES string of the molecule is N[C@H](Cc1ccccc1)[C@@H](O)CN1CCC(c2ccccc2)CC1. The van der Waals surface area contributed by atoms with Crippen molar-refractivity contribution in [2.24, 2.45) is 5.73 Å². The van der Waals surface area contributed by atoms with Crippen LogP contribution in [0.5, 0.6) is 0 Å². The molecule has 3 heteroatoms. The number of piperidine rings is 1. The third-order valence-electron chi connectivity index (χ3n) is 5.11. The first-order chi connectivity index (χ1) is 11.7. The van der Waals surface area contributed by atoms with Gasteiger partial charge in [-0.3, -0.25) is 0 Å². The van der Waals surface area contributed by atoms with Crippen molar-refractivity contribution in [3.63, 3.8) is 0 Å². The van der Waals surface area contributed by atoms with Gasteiger partial charge in [-0.15, -0.1) is 0 Å². The minimum atomic E-state index is -0.474. The molecule has 128 valence electrons. The Hall–Kier alpha value is -1.68. The average molecular weight is 324 g/mol. The molecule has 0 aliphatic carbocycles. The van der Waals surface area contributed by atoms with E-state index in [-0.39, 0.29) is 6.04 Å². The molecular weight excluding hydrogens is 296 g/mol. The molecule has 0 saturated carbocycles. The summed E-state index contributed by atoms with van der Waals surface area (Å²) in [5.41, 5.74) is 8.84. The lowest BCUT2D eigenvalue weighted by Gasteiger charge is -2.34. The van der Waals surface area contributed by atoms with E-state index in [0.29, 0.717) is 12.5 Å². The molecule has 0 amide bonds. The molecule has 24 heavy (non-hydrogen) atoms. The average Bonchev–Trinajstić information content (AvgIpc) is 2.64. The van der Waals surface area contributed by atoms with Crippen molar-refractivity contribution >= 4 is 0 Å². The van der Waals surface area contributed by atoms with Crippen LogP contribution in [0, 0.1) is 0 Å². The number of hydrogen-bond acceptors (Lipinski definition) is 3. The van der Waals surface area contributed by atoms with Crippen LogP contribution in [-0.4, -0.2) is 41.8 Å². The second kappa shape index (κ2) is 8.43. The van der Waals surface area contributed by atoms with Crippen molar-refractivity contribution in [1.82, 2.24) is 4.90 Å². The predicted octanol–water partition coefficient (Wildman–Crippen LogP) is 2.80. The van der Waals surface area contributed by atoms with Crippen molar-refractivity contribution in [3.05, 3.63) is 71.8 Å². The van der Waals surface area contributed by atoms with Crippen molar-refractivity contribution in [2.45, 2.75) is 37.3 Å². The molecule has 0 bridgehead atoms. The first-order valence-corrected chi connectivity index (χ1v) is 8.97. The molecule has 0 spiro atoms. The van der Waals surface area contributed by atoms with Gasteiger partial charge in [0, 0.05) is 12.6 Å². The van der Waals surface area contributed by atoms with Gasteiger partial charge in [-0.05, 0) is 49.4 Å². The van der Waals surface area contributed by atoms with Crippen LogP contribution in [0.4, 0.5) is 0 Å². The van der Waals surface area contributed by atoms with Crippen molar-refractivity contribution in [2.75, 3.05) is 19.6 Å². The van der Waals surface area contributed by atoms with E-state index in [1.165, 1.54) is 11.1 Å². The number of benzene rings is 2. The van der Waals surface area contributed by atoms with Gasteiger partial charge in [-0.1, -0.05) is 60.7 Å². The maximum atomic E-state index is 10.4. The molecule has 0 aromatic heterocycles. The topological polar surface area (TPSA) is 49.5 Å². The number of aliphatic hydroxyl groups is 1. The highest BCUT2D eigenvalue weighted by molar-refractivity contribution is 5.20. The normalized spacial score (nSPS) is 19.1. The molecule has 2 aromatic carbocycles. The summed E-state index contributed by atoms with van der Waals surface area (Å²) in [5.74, 6) is 0.651. The molecule has 2 aromatic rings. The highest BCUT2D eigenvalue weighted by atomic mass is 16.3. The van der Waals surface area contributed by atoms with E-state index in [1.807, 2.05) is 18.2 Å². The van der Waals surface area contributed by atoms with E-state index in [9.17, 15) is 5.11 Å². The van der Waals surface area contributed by atoms with Crippen LogP contribution in [0.3, 0.4) is 0 Å². The summed E-state index contributed by atoms with van der Waals surface area (Å²) in [6, 6.07) is 20.7. The lowest BCUT2D eigenvalue weighted by Crippen LogP contribution is -2.46. The summed E-state index contributed by atoms with van der Waals surface area (Å²) in [6.07, 6.45) is 2.57. The fraction of sp³-hybridized carbons (Fsp3) is 0.429. The lowest BCUT2D eigenvalue weighted by molar-refractivity contribution is 0.0786. The highest BCUT2D eigenvalue weighted by Crippen LogP contribution is 2.27. The van der Waals surface area contributed by atoms with Gasteiger partial charge in [0.1, 0.15) is 0 Å². The quantitative estimate of drug-likeness (QED) is 0.859. The molecule has 1 aliphatic heterocycles. The molecule has 3 rings (SSSR count). The Morgan fingerprint density at radius 3 is 2.17 bits per heavy atom. The van der Waals surface area contributed by atoms with E-state index in [0.717, 1.165) is 32.4 Å². The molecule has 2 atom stereocenters. The summed E-state index contributed by atoms with van der Waals surface area (Å²) < 4.78 is 0. The predicted molar refractivity (Wildman–Crippen MR) is 99.0 cm³/mol. The Morgan fingerprint density at radius 2 is 1.54 bits per heavy atom. The van der Waals surface area contributed by atoms with Gasteiger partial charge >= 0.3 is 0 Å². The van der Waals surface area contributed by atoms with E-state index < -0.39 is 6.10 Å². The Morgan fingerprint density at radius 1 is 0.958 bits per heavy atom. The maximum absolute atomic E-state index is 10.4. The fourth-order valence-corrected chi connectivity index (χ4v) is 3.60. The van der Waals surface area contributed by atoms with Crippen LogP contribution in [0.25, 0.3) is 0 Å². The van der Waals surface area contributed by atoms with Gasteiger partial charge in [0.15, 0.2) is 0 Å². The Bertz CT molecular complexity index is 594. The van der Waals surface area contributed by atoms with E-state index in [2.05, 4.69) is 47.4 Å². The van der Waals surface area contributed by atoms with Crippen molar-refractivity contribution in [3.8, 4) is 0 Å². The summed E-state index contributed by atoms with van der Waals surface area (Å²) in [7, 11) is 0. The third-order valence-corrected chi connectivity index (χ3v) is 5.11. The van der Waals surface area contributed by atoms with Gasteiger partial charge < -0.3 is 15.7 Å². The summed E-state index contributed by atoms with van der Waals surface area (Å²) >= 11 is 0. The Kier molecular flexibility index (Phi) is 6.02. The van der Waals surface area contributed by atoms with Crippen LogP contribution in [-0.2, 0) is 6.42 Å². The summed E-state index contributed by atoms with van der Waals surface area (Å²) in [4.78, 5) is 2.36. The minimum absolute atomic E-state index is 0.209. The van der Waals surface area contributed by atoms with Crippen LogP contribution < -0.4 is 5.73 Å². The number of likely N-dealkylation sites (tertiary alicyclic amines) is 1. The van der Waals surface area contributed by atoms with Crippen LogP contribution in [0.1, 0.15) is 29.9 Å².